The third kappa shape index (κ3) is 3.30. The van der Waals surface area contributed by atoms with Gasteiger partial charge in [-0.3, -0.25) is 9.69 Å². The van der Waals surface area contributed by atoms with Crippen LogP contribution >= 0.6 is 0 Å². The molecule has 0 saturated carbocycles. The molecule has 0 radical (unpaired) electrons. The van der Waals surface area contributed by atoms with Crippen LogP contribution in [-0.4, -0.2) is 34.9 Å². The van der Waals surface area contributed by atoms with Crippen LogP contribution in [-0.2, 0) is 0 Å². The van der Waals surface area contributed by atoms with E-state index in [1.165, 1.54) is 19.3 Å². The maximum Gasteiger partial charge on any atom is 0.179 e. The summed E-state index contributed by atoms with van der Waals surface area (Å²) in [6, 6.07) is 15.6. The second kappa shape index (κ2) is 7.45. The van der Waals surface area contributed by atoms with Gasteiger partial charge < -0.3 is 4.57 Å². The molecule has 3 aromatic rings. The summed E-state index contributed by atoms with van der Waals surface area (Å²) in [6.07, 6.45) is 3.63. The number of carbonyl (C=O) groups excluding carboxylic acids is 1. The number of hydrogen-bond acceptors (Lipinski definition) is 4. The topological polar surface area (TPSA) is 61.5 Å². The van der Waals surface area contributed by atoms with Crippen LogP contribution in [0, 0.1) is 12.5 Å². The Morgan fingerprint density at radius 1 is 1.04 bits per heavy atom. The molecule has 1 N–H and O–H groups in total. The van der Waals surface area contributed by atoms with E-state index in [9.17, 15) is 4.79 Å². The number of para-hydroxylation sites is 1. The first-order chi connectivity index (χ1) is 13.2. The number of nitrogens with zero attached hydrogens (tertiary/aromatic N) is 3. The Morgan fingerprint density at radius 3 is 2.44 bits per heavy atom. The van der Waals surface area contributed by atoms with Gasteiger partial charge in [0.2, 0.25) is 0 Å². The third-order valence-corrected chi connectivity index (χ3v) is 5.44. The number of carbonyl (C=O) groups is 1. The maximum absolute atomic E-state index is 13.2. The molecule has 1 saturated heterocycles. The summed E-state index contributed by atoms with van der Waals surface area (Å²) in [5, 5.41) is 4.48. The predicted molar refractivity (Wildman–Crippen MR) is 107 cm³/mol. The Kier molecular flexibility index (Phi) is 4.86. The van der Waals surface area contributed by atoms with Crippen LogP contribution in [0.25, 0.3) is 16.6 Å². The van der Waals surface area contributed by atoms with Crippen molar-refractivity contribution >= 4 is 22.4 Å². The van der Waals surface area contributed by atoms with Crippen molar-refractivity contribution < 1.29 is 4.79 Å². The van der Waals surface area contributed by atoms with Gasteiger partial charge in [0.25, 0.3) is 0 Å². The monoisotopic (exact) mass is 360 g/mol. The summed E-state index contributed by atoms with van der Waals surface area (Å²) in [5.74, 6) is 0.196. The second-order valence-electron chi connectivity index (χ2n) is 7.20. The zero-order valence-corrected chi connectivity index (χ0v) is 15.6. The highest BCUT2D eigenvalue weighted by atomic mass is 16.1. The van der Waals surface area contributed by atoms with Crippen LogP contribution in [0.3, 0.4) is 0 Å². The zero-order chi connectivity index (χ0) is 18.8. The van der Waals surface area contributed by atoms with Gasteiger partial charge in [-0.15, -0.1) is 0 Å². The van der Waals surface area contributed by atoms with Crippen molar-refractivity contribution in [3.63, 3.8) is 0 Å². The van der Waals surface area contributed by atoms with Crippen molar-refractivity contribution in [1.29, 1.82) is 5.53 Å². The van der Waals surface area contributed by atoms with Gasteiger partial charge >= 0.3 is 0 Å². The fraction of sp³-hybridized carbons (Fsp3) is 0.318. The Morgan fingerprint density at radius 2 is 1.74 bits per heavy atom. The molecular formula is C22H24N4O. The standard InChI is InChI=1S/C22H24N4O/c1-16-22(21(27)15-25-13-5-2-6-14-25)19-7-3-4-8-20(19)26(16)18-11-9-17(24-23)10-12-18/h3-4,7-12,23H,2,5-6,13-15H2,1H3. The fourth-order valence-electron chi connectivity index (χ4n) is 4.13. The molecule has 138 valence electrons. The summed E-state index contributed by atoms with van der Waals surface area (Å²) in [6.45, 7) is 4.54. The summed E-state index contributed by atoms with van der Waals surface area (Å²) >= 11 is 0. The van der Waals surface area contributed by atoms with E-state index < -0.39 is 0 Å². The predicted octanol–water partition coefficient (Wildman–Crippen LogP) is 5.27. The molecule has 0 atom stereocenters. The average Bonchev–Trinajstić information content (AvgIpc) is 3.00. The molecule has 0 amide bonds. The minimum atomic E-state index is 0.196. The fourth-order valence-corrected chi connectivity index (χ4v) is 4.13. The lowest BCUT2D eigenvalue weighted by Gasteiger charge is -2.25. The molecule has 1 aromatic heterocycles. The van der Waals surface area contributed by atoms with Crippen LogP contribution in [0.1, 0.15) is 35.3 Å². The molecule has 0 aliphatic carbocycles. The molecule has 0 unspecified atom stereocenters. The highest BCUT2D eigenvalue weighted by molar-refractivity contribution is 6.10. The molecule has 0 spiro atoms. The molecule has 27 heavy (non-hydrogen) atoms. The van der Waals surface area contributed by atoms with Gasteiger partial charge in [0.15, 0.2) is 5.78 Å². The smallest absolute Gasteiger partial charge is 0.179 e. The highest BCUT2D eigenvalue weighted by Gasteiger charge is 2.23. The average molecular weight is 360 g/mol. The first-order valence-corrected chi connectivity index (χ1v) is 9.52. The van der Waals surface area contributed by atoms with Gasteiger partial charge in [-0.25, -0.2) is 5.53 Å². The van der Waals surface area contributed by atoms with E-state index in [0.717, 1.165) is 40.9 Å². The number of piperidine rings is 1. The number of hydrogen-bond donors (Lipinski definition) is 1. The zero-order valence-electron chi connectivity index (χ0n) is 15.6. The Labute approximate surface area is 159 Å². The second-order valence-corrected chi connectivity index (χ2v) is 7.20. The molecule has 1 aliphatic heterocycles. The molecule has 2 aromatic carbocycles. The number of fused-ring (bicyclic) bond motifs is 1. The van der Waals surface area contributed by atoms with Gasteiger partial charge in [0.05, 0.1) is 17.7 Å². The van der Waals surface area contributed by atoms with Gasteiger partial charge in [0, 0.05) is 22.3 Å². The van der Waals surface area contributed by atoms with E-state index in [2.05, 4.69) is 20.6 Å². The minimum absolute atomic E-state index is 0.196. The first kappa shape index (κ1) is 17.6. The largest absolute Gasteiger partial charge is 0.313 e. The van der Waals surface area contributed by atoms with Gasteiger partial charge in [-0.2, -0.15) is 5.11 Å². The van der Waals surface area contributed by atoms with Crippen molar-refractivity contribution in [2.24, 2.45) is 5.11 Å². The van der Waals surface area contributed by atoms with Crippen LogP contribution in [0.15, 0.2) is 53.6 Å². The van der Waals surface area contributed by atoms with Crippen LogP contribution < -0.4 is 0 Å². The lowest BCUT2D eigenvalue weighted by Crippen LogP contribution is -2.34. The van der Waals surface area contributed by atoms with E-state index in [1.807, 2.05) is 49.4 Å². The molecule has 4 rings (SSSR count). The van der Waals surface area contributed by atoms with E-state index in [4.69, 9.17) is 5.53 Å². The van der Waals surface area contributed by atoms with Crippen molar-refractivity contribution in [3.05, 3.63) is 59.8 Å². The maximum atomic E-state index is 13.2. The van der Waals surface area contributed by atoms with E-state index >= 15 is 0 Å². The van der Waals surface area contributed by atoms with E-state index in [1.54, 1.807) is 0 Å². The van der Waals surface area contributed by atoms with Crippen LogP contribution in [0.5, 0.6) is 0 Å². The number of rotatable bonds is 5. The normalized spacial score (nSPS) is 15.1. The summed E-state index contributed by atoms with van der Waals surface area (Å²) in [7, 11) is 0. The van der Waals surface area contributed by atoms with Gasteiger partial charge in [-0.05, 0) is 63.2 Å². The highest BCUT2D eigenvalue weighted by Crippen LogP contribution is 2.30. The Hall–Kier alpha value is -2.79. The molecule has 1 fully saturated rings. The lowest BCUT2D eigenvalue weighted by molar-refractivity contribution is 0.0916. The third-order valence-electron chi connectivity index (χ3n) is 5.44. The first-order valence-electron chi connectivity index (χ1n) is 9.52. The number of Topliss-reactive ketones (excluding diaryl/α,β-unsaturated/α-hetero) is 1. The van der Waals surface area contributed by atoms with Crippen molar-refractivity contribution in [3.8, 4) is 5.69 Å². The molecule has 5 heteroatoms. The van der Waals surface area contributed by atoms with Gasteiger partial charge in [0.1, 0.15) is 0 Å². The van der Waals surface area contributed by atoms with Crippen molar-refractivity contribution in [1.82, 2.24) is 9.47 Å². The molecule has 5 nitrogen and oxygen atoms in total. The van der Waals surface area contributed by atoms with E-state index in [-0.39, 0.29) is 5.78 Å². The molecule has 2 heterocycles. The quantitative estimate of drug-likeness (QED) is 0.498. The lowest BCUT2D eigenvalue weighted by atomic mass is 10.0. The SMILES string of the molecule is Cc1c(C(=O)CN2CCCCC2)c2ccccc2n1-c1ccc(N=N)cc1. The summed E-state index contributed by atoms with van der Waals surface area (Å²) in [5.41, 5.74) is 11.6. The minimum Gasteiger partial charge on any atom is -0.313 e. The van der Waals surface area contributed by atoms with E-state index in [0.29, 0.717) is 12.2 Å². The number of benzene rings is 2. The number of aromatic nitrogens is 1. The number of nitrogens with one attached hydrogen (secondary N) is 1. The Balaban J connectivity index is 1.78. The van der Waals surface area contributed by atoms with Gasteiger partial charge in [-0.1, -0.05) is 24.6 Å². The molecule has 1 aliphatic rings. The van der Waals surface area contributed by atoms with Crippen LogP contribution in [0.4, 0.5) is 5.69 Å². The number of likely N-dealkylation sites (tertiary alicyclic amines) is 1. The van der Waals surface area contributed by atoms with Crippen molar-refractivity contribution in [2.75, 3.05) is 19.6 Å². The number of ketones is 1. The molecular weight excluding hydrogens is 336 g/mol. The van der Waals surface area contributed by atoms with Crippen LogP contribution in [0.2, 0.25) is 0 Å². The summed E-state index contributed by atoms with van der Waals surface area (Å²) < 4.78 is 2.13. The Bertz CT molecular complexity index is 981. The summed E-state index contributed by atoms with van der Waals surface area (Å²) in [4.78, 5) is 15.5. The molecule has 0 bridgehead atoms. The van der Waals surface area contributed by atoms with Crippen molar-refractivity contribution in [2.45, 2.75) is 26.2 Å².